The van der Waals surface area contributed by atoms with E-state index in [-0.39, 0.29) is 5.92 Å². The van der Waals surface area contributed by atoms with Crippen molar-refractivity contribution in [2.45, 2.75) is 71.3 Å². The van der Waals surface area contributed by atoms with Crippen LogP contribution in [0.25, 0.3) is 0 Å². The predicted octanol–water partition coefficient (Wildman–Crippen LogP) is 3.19. The molecule has 3 heteroatoms. The number of nitrogens with one attached hydrogen (secondary N) is 1. The monoisotopic (exact) mass is 280 g/mol. The quantitative estimate of drug-likeness (QED) is 0.861. The number of amides is 1. The van der Waals surface area contributed by atoms with Crippen molar-refractivity contribution >= 4 is 5.91 Å². The number of nitrogens with zero attached hydrogens (tertiary/aromatic N) is 1. The van der Waals surface area contributed by atoms with Crippen molar-refractivity contribution in [1.82, 2.24) is 10.2 Å². The molecule has 1 N–H and O–H groups in total. The van der Waals surface area contributed by atoms with E-state index in [9.17, 15) is 4.79 Å². The number of carbonyl (C=O) groups is 1. The smallest absolute Gasteiger partial charge is 0.224 e. The summed E-state index contributed by atoms with van der Waals surface area (Å²) in [6.07, 6.45) is 9.81. The number of hydrogen-bond acceptors (Lipinski definition) is 2. The van der Waals surface area contributed by atoms with Crippen LogP contribution in [0.3, 0.4) is 0 Å². The Morgan fingerprint density at radius 1 is 1.15 bits per heavy atom. The van der Waals surface area contributed by atoms with Gasteiger partial charge in [-0.3, -0.25) is 9.69 Å². The molecule has 1 amide bonds. The van der Waals surface area contributed by atoms with Crippen molar-refractivity contribution in [3.8, 4) is 0 Å². The van der Waals surface area contributed by atoms with E-state index in [4.69, 9.17) is 0 Å². The van der Waals surface area contributed by atoms with Crippen LogP contribution in [-0.2, 0) is 4.79 Å². The summed E-state index contributed by atoms with van der Waals surface area (Å²) < 4.78 is 0. The molecule has 1 aliphatic heterocycles. The van der Waals surface area contributed by atoms with Crippen LogP contribution in [0.4, 0.5) is 0 Å². The van der Waals surface area contributed by atoms with E-state index >= 15 is 0 Å². The van der Waals surface area contributed by atoms with Gasteiger partial charge in [0.15, 0.2) is 0 Å². The van der Waals surface area contributed by atoms with Crippen molar-refractivity contribution < 1.29 is 4.79 Å². The second kappa shape index (κ2) is 8.02. The Morgan fingerprint density at radius 3 is 2.75 bits per heavy atom. The van der Waals surface area contributed by atoms with Crippen LogP contribution in [0.15, 0.2) is 0 Å². The summed E-state index contributed by atoms with van der Waals surface area (Å²) in [5.74, 6) is 1.33. The Morgan fingerprint density at radius 2 is 1.95 bits per heavy atom. The molecule has 2 fully saturated rings. The van der Waals surface area contributed by atoms with E-state index in [0.29, 0.717) is 11.9 Å². The van der Waals surface area contributed by atoms with Gasteiger partial charge in [-0.15, -0.1) is 0 Å². The van der Waals surface area contributed by atoms with Crippen LogP contribution in [0.5, 0.6) is 0 Å². The second-order valence-electron chi connectivity index (χ2n) is 7.03. The lowest BCUT2D eigenvalue weighted by atomic mass is 9.99. The lowest BCUT2D eigenvalue weighted by Crippen LogP contribution is -2.45. The minimum absolute atomic E-state index is 0.250. The average Bonchev–Trinajstić information content (AvgIpc) is 2.88. The molecule has 2 aliphatic rings. The van der Waals surface area contributed by atoms with E-state index in [1.165, 1.54) is 51.6 Å². The topological polar surface area (TPSA) is 32.3 Å². The van der Waals surface area contributed by atoms with Crippen molar-refractivity contribution in [1.29, 1.82) is 0 Å². The number of carbonyl (C=O) groups excluding carboxylic acids is 1. The maximum atomic E-state index is 12.4. The Bertz CT molecular complexity index is 303. The van der Waals surface area contributed by atoms with Gasteiger partial charge in [0.25, 0.3) is 0 Å². The lowest BCUT2D eigenvalue weighted by molar-refractivity contribution is -0.126. The van der Waals surface area contributed by atoms with Gasteiger partial charge < -0.3 is 5.32 Å². The molecule has 2 rings (SSSR count). The minimum Gasteiger partial charge on any atom is -0.356 e. The van der Waals surface area contributed by atoms with E-state index in [1.54, 1.807) is 0 Å². The van der Waals surface area contributed by atoms with E-state index in [0.717, 1.165) is 25.3 Å². The van der Waals surface area contributed by atoms with Crippen LogP contribution in [0, 0.1) is 11.8 Å². The van der Waals surface area contributed by atoms with Crippen molar-refractivity contribution in [2.75, 3.05) is 19.6 Å². The highest BCUT2D eigenvalue weighted by Crippen LogP contribution is 2.31. The second-order valence-corrected chi connectivity index (χ2v) is 7.03. The fourth-order valence-corrected chi connectivity index (χ4v) is 3.69. The van der Waals surface area contributed by atoms with E-state index in [1.807, 2.05) is 0 Å². The molecule has 1 saturated carbocycles. The van der Waals surface area contributed by atoms with Crippen molar-refractivity contribution in [3.05, 3.63) is 0 Å². The molecule has 1 heterocycles. The lowest BCUT2D eigenvalue weighted by Gasteiger charge is -2.33. The van der Waals surface area contributed by atoms with Gasteiger partial charge in [0.2, 0.25) is 5.91 Å². The first-order valence-corrected chi connectivity index (χ1v) is 8.70. The Balaban J connectivity index is 2.02. The molecule has 2 unspecified atom stereocenters. The summed E-state index contributed by atoms with van der Waals surface area (Å²) >= 11 is 0. The van der Waals surface area contributed by atoms with Gasteiger partial charge in [-0.2, -0.15) is 0 Å². The molecule has 1 saturated heterocycles. The van der Waals surface area contributed by atoms with Crippen molar-refractivity contribution in [3.63, 3.8) is 0 Å². The molecule has 0 aromatic carbocycles. The van der Waals surface area contributed by atoms with Crippen LogP contribution < -0.4 is 5.32 Å². The summed E-state index contributed by atoms with van der Waals surface area (Å²) in [7, 11) is 0. The zero-order valence-electron chi connectivity index (χ0n) is 13.4. The Labute approximate surface area is 124 Å². The minimum atomic E-state index is 0.250. The molecule has 0 aromatic heterocycles. The van der Waals surface area contributed by atoms with Gasteiger partial charge in [0, 0.05) is 12.6 Å². The van der Waals surface area contributed by atoms with E-state index in [2.05, 4.69) is 24.1 Å². The molecule has 20 heavy (non-hydrogen) atoms. The Kier molecular flexibility index (Phi) is 6.34. The molecule has 0 radical (unpaired) electrons. The molecule has 116 valence electrons. The fraction of sp³-hybridized carbons (Fsp3) is 0.941. The third-order valence-electron chi connectivity index (χ3n) is 4.95. The normalized spacial score (nSPS) is 29.9. The number of hydrogen-bond donors (Lipinski definition) is 1. The van der Waals surface area contributed by atoms with Crippen LogP contribution >= 0.6 is 0 Å². The highest BCUT2D eigenvalue weighted by atomic mass is 16.1. The van der Waals surface area contributed by atoms with Gasteiger partial charge in [0.1, 0.15) is 0 Å². The molecule has 0 bridgehead atoms. The molecule has 2 atom stereocenters. The van der Waals surface area contributed by atoms with Gasteiger partial charge in [-0.25, -0.2) is 0 Å². The predicted molar refractivity (Wildman–Crippen MR) is 83.6 cm³/mol. The first-order valence-electron chi connectivity index (χ1n) is 8.70. The number of rotatable bonds is 3. The maximum absolute atomic E-state index is 12.4. The standard InChI is InChI=1S/C17H32N2O/c1-14(2)10-13-19-12-6-4-3-5-11-18-17(20)15-8-7-9-16(15)19/h14-16H,3-13H2,1-2H3,(H,18,20). The maximum Gasteiger partial charge on any atom is 0.224 e. The summed E-state index contributed by atoms with van der Waals surface area (Å²) in [4.78, 5) is 15.0. The Hall–Kier alpha value is -0.570. The fourth-order valence-electron chi connectivity index (χ4n) is 3.69. The average molecular weight is 280 g/mol. The summed E-state index contributed by atoms with van der Waals surface area (Å²) in [6.45, 7) is 7.84. The largest absolute Gasteiger partial charge is 0.356 e. The van der Waals surface area contributed by atoms with Gasteiger partial charge in [-0.05, 0) is 51.1 Å². The zero-order chi connectivity index (χ0) is 14.4. The van der Waals surface area contributed by atoms with Crippen molar-refractivity contribution in [2.24, 2.45) is 11.8 Å². The zero-order valence-corrected chi connectivity index (χ0v) is 13.4. The van der Waals surface area contributed by atoms with Crippen LogP contribution in [-0.4, -0.2) is 36.5 Å². The highest BCUT2D eigenvalue weighted by Gasteiger charge is 2.36. The third kappa shape index (κ3) is 4.47. The first-order chi connectivity index (χ1) is 9.68. The van der Waals surface area contributed by atoms with Gasteiger partial charge in [-0.1, -0.05) is 33.1 Å². The van der Waals surface area contributed by atoms with Gasteiger partial charge >= 0.3 is 0 Å². The molecular formula is C17H32N2O. The molecule has 1 aliphatic carbocycles. The van der Waals surface area contributed by atoms with Gasteiger partial charge in [0.05, 0.1) is 5.92 Å². The molecule has 0 spiro atoms. The SMILES string of the molecule is CC(C)CCN1CCCCCCNC(=O)C2CCCC21. The molecule has 0 aromatic rings. The van der Waals surface area contributed by atoms with Crippen LogP contribution in [0.2, 0.25) is 0 Å². The molecular weight excluding hydrogens is 248 g/mol. The first kappa shape index (κ1) is 15.8. The van der Waals surface area contributed by atoms with E-state index < -0.39 is 0 Å². The summed E-state index contributed by atoms with van der Waals surface area (Å²) in [5, 5.41) is 3.17. The highest BCUT2D eigenvalue weighted by molar-refractivity contribution is 5.79. The third-order valence-corrected chi connectivity index (χ3v) is 4.95. The number of fused-ring (bicyclic) bond motifs is 1. The summed E-state index contributed by atoms with van der Waals surface area (Å²) in [6, 6.07) is 0.506. The summed E-state index contributed by atoms with van der Waals surface area (Å²) in [5.41, 5.74) is 0. The molecule has 3 nitrogen and oxygen atoms in total. The van der Waals surface area contributed by atoms with Crippen LogP contribution in [0.1, 0.15) is 65.2 Å².